The van der Waals surface area contributed by atoms with Gasteiger partial charge in [-0.2, -0.15) is 0 Å². The summed E-state index contributed by atoms with van der Waals surface area (Å²) in [5, 5.41) is 0. The van der Waals surface area contributed by atoms with Crippen LogP contribution in [0.2, 0.25) is 0 Å². The fourth-order valence-corrected chi connectivity index (χ4v) is 5.27. The lowest BCUT2D eigenvalue weighted by molar-refractivity contribution is 0.204. The van der Waals surface area contributed by atoms with Crippen molar-refractivity contribution in [2.45, 2.75) is 105 Å². The fraction of sp³-hybridized carbons (Fsp3) is 0.586. The summed E-state index contributed by atoms with van der Waals surface area (Å²) in [7, 11) is -3.84. The molecule has 0 aliphatic carbocycles. The second-order valence-electron chi connectivity index (χ2n) is 9.39. The number of rotatable bonds is 17. The number of unbranched alkanes of at least 4 members (excludes halogenated alkanes) is 10. The first kappa shape index (κ1) is 28.5. The third-order valence-corrected chi connectivity index (χ3v) is 7.87. The van der Waals surface area contributed by atoms with Gasteiger partial charge in [0.05, 0.1) is 6.61 Å². The monoisotopic (exact) mass is 488 g/mol. The molecule has 2 rings (SSSR count). The number of benzene rings is 2. The van der Waals surface area contributed by atoms with Crippen LogP contribution < -0.4 is 9.05 Å². The molecule has 0 amide bonds. The molecule has 0 aromatic heterocycles. The third-order valence-electron chi connectivity index (χ3n) is 6.53. The maximum Gasteiger partial charge on any atom is 0.587 e. The van der Waals surface area contributed by atoms with Crippen molar-refractivity contribution in [3.63, 3.8) is 0 Å². The van der Waals surface area contributed by atoms with E-state index in [4.69, 9.17) is 13.6 Å². The van der Waals surface area contributed by atoms with Gasteiger partial charge in [-0.05, 0) is 68.5 Å². The number of phosphoric ester groups is 1. The molecule has 0 spiro atoms. The number of aryl methyl sites for hydroxylation is 2. The van der Waals surface area contributed by atoms with Crippen molar-refractivity contribution in [3.8, 4) is 11.5 Å². The van der Waals surface area contributed by atoms with Gasteiger partial charge in [0.15, 0.2) is 0 Å². The summed E-state index contributed by atoms with van der Waals surface area (Å²) in [6.07, 6.45) is 13.7. The second-order valence-corrected chi connectivity index (χ2v) is 10.9. The van der Waals surface area contributed by atoms with Gasteiger partial charge in [0.25, 0.3) is 0 Å². The van der Waals surface area contributed by atoms with Crippen LogP contribution >= 0.6 is 7.82 Å². The van der Waals surface area contributed by atoms with Crippen molar-refractivity contribution < 1.29 is 18.1 Å². The Morgan fingerprint density at radius 2 is 1.03 bits per heavy atom. The van der Waals surface area contributed by atoms with Crippen LogP contribution in [0.15, 0.2) is 36.4 Å². The smallest absolute Gasteiger partial charge is 0.395 e. The number of hydrogen-bond acceptors (Lipinski definition) is 4. The molecular formula is C29H45O4P. The quantitative estimate of drug-likeness (QED) is 0.164. The molecule has 0 atom stereocenters. The molecule has 0 aliphatic heterocycles. The standard InChI is InChI=1S/C29H45O4P/c1-6-7-8-9-10-11-12-13-14-15-16-23-31-34(30,32-28-21-17-19-24(2)26(28)4)33-29-22-18-20-25(3)27(29)5/h17-22H,6-16,23H2,1-5H3. The summed E-state index contributed by atoms with van der Waals surface area (Å²) in [6.45, 7) is 10.5. The van der Waals surface area contributed by atoms with Crippen molar-refractivity contribution in [2.24, 2.45) is 0 Å². The van der Waals surface area contributed by atoms with Gasteiger partial charge in [-0.1, -0.05) is 95.4 Å². The Morgan fingerprint density at radius 1 is 0.618 bits per heavy atom. The van der Waals surface area contributed by atoms with E-state index in [0.29, 0.717) is 18.1 Å². The van der Waals surface area contributed by atoms with E-state index < -0.39 is 7.82 Å². The Hall–Kier alpha value is -1.77. The molecule has 5 heteroatoms. The fourth-order valence-electron chi connectivity index (χ4n) is 3.90. The van der Waals surface area contributed by atoms with Crippen molar-refractivity contribution in [1.82, 2.24) is 0 Å². The molecule has 190 valence electrons. The lowest BCUT2D eigenvalue weighted by Crippen LogP contribution is -2.08. The highest BCUT2D eigenvalue weighted by molar-refractivity contribution is 7.49. The molecule has 4 nitrogen and oxygen atoms in total. The molecule has 0 bridgehead atoms. The first-order chi connectivity index (χ1) is 16.4. The highest BCUT2D eigenvalue weighted by Crippen LogP contribution is 2.51. The van der Waals surface area contributed by atoms with Crippen LogP contribution in [0.4, 0.5) is 0 Å². The van der Waals surface area contributed by atoms with E-state index in [0.717, 1.165) is 35.1 Å². The Balaban J connectivity index is 1.86. The van der Waals surface area contributed by atoms with E-state index in [1.165, 1.54) is 57.8 Å². The summed E-state index contributed by atoms with van der Waals surface area (Å²) in [5.41, 5.74) is 4.01. The molecule has 0 saturated heterocycles. The maximum absolute atomic E-state index is 13.7. The van der Waals surface area contributed by atoms with Gasteiger partial charge in [-0.25, -0.2) is 4.57 Å². The predicted octanol–water partition coefficient (Wildman–Crippen LogP) is 9.81. The molecular weight excluding hydrogens is 443 g/mol. The largest absolute Gasteiger partial charge is 0.587 e. The van der Waals surface area contributed by atoms with Crippen LogP contribution in [0.5, 0.6) is 11.5 Å². The summed E-state index contributed by atoms with van der Waals surface area (Å²) < 4.78 is 31.4. The maximum atomic E-state index is 13.7. The van der Waals surface area contributed by atoms with Gasteiger partial charge < -0.3 is 9.05 Å². The number of phosphoric acid groups is 1. The molecule has 0 radical (unpaired) electrons. The molecule has 0 N–H and O–H groups in total. The highest BCUT2D eigenvalue weighted by Gasteiger charge is 2.32. The molecule has 0 unspecified atom stereocenters. The van der Waals surface area contributed by atoms with E-state index in [1.54, 1.807) is 0 Å². The molecule has 34 heavy (non-hydrogen) atoms. The van der Waals surface area contributed by atoms with Crippen LogP contribution in [-0.2, 0) is 9.09 Å². The molecule has 0 saturated carbocycles. The van der Waals surface area contributed by atoms with Crippen LogP contribution in [0, 0.1) is 27.7 Å². The van der Waals surface area contributed by atoms with E-state index in [-0.39, 0.29) is 0 Å². The Morgan fingerprint density at radius 3 is 1.47 bits per heavy atom. The molecule has 0 heterocycles. The Labute approximate surface area is 208 Å². The highest BCUT2D eigenvalue weighted by atomic mass is 31.2. The minimum atomic E-state index is -3.84. The summed E-state index contributed by atoms with van der Waals surface area (Å²) in [5.74, 6) is 1.07. The van der Waals surface area contributed by atoms with Crippen LogP contribution in [-0.4, -0.2) is 6.61 Å². The Bertz CT molecular complexity index is 851. The normalized spacial score (nSPS) is 11.6. The average molecular weight is 489 g/mol. The Kier molecular flexibility index (Phi) is 12.8. The summed E-state index contributed by atoms with van der Waals surface area (Å²) in [4.78, 5) is 0. The predicted molar refractivity (Wildman–Crippen MR) is 143 cm³/mol. The zero-order chi connectivity index (χ0) is 24.8. The van der Waals surface area contributed by atoms with Gasteiger partial charge in [-0.15, -0.1) is 0 Å². The van der Waals surface area contributed by atoms with Gasteiger partial charge in [0.1, 0.15) is 11.5 Å². The van der Waals surface area contributed by atoms with E-state index >= 15 is 0 Å². The lowest BCUT2D eigenvalue weighted by Gasteiger charge is -2.21. The lowest BCUT2D eigenvalue weighted by atomic mass is 10.1. The van der Waals surface area contributed by atoms with Gasteiger partial charge in [0, 0.05) is 0 Å². The molecule has 2 aromatic carbocycles. The van der Waals surface area contributed by atoms with Gasteiger partial charge >= 0.3 is 7.82 Å². The number of hydrogen-bond donors (Lipinski definition) is 0. The van der Waals surface area contributed by atoms with E-state index in [2.05, 4.69) is 6.92 Å². The SMILES string of the molecule is CCCCCCCCCCCCCOP(=O)(Oc1cccc(C)c1C)Oc1cccc(C)c1C. The van der Waals surface area contributed by atoms with Gasteiger partial charge in [-0.3, -0.25) is 4.52 Å². The van der Waals surface area contributed by atoms with Crippen molar-refractivity contribution >= 4 is 7.82 Å². The minimum absolute atomic E-state index is 0.351. The van der Waals surface area contributed by atoms with Gasteiger partial charge in [0.2, 0.25) is 0 Å². The van der Waals surface area contributed by atoms with E-state index in [9.17, 15) is 4.57 Å². The molecule has 2 aromatic rings. The van der Waals surface area contributed by atoms with Crippen molar-refractivity contribution in [2.75, 3.05) is 6.61 Å². The van der Waals surface area contributed by atoms with Crippen molar-refractivity contribution in [3.05, 3.63) is 58.7 Å². The van der Waals surface area contributed by atoms with Crippen LogP contribution in [0.25, 0.3) is 0 Å². The van der Waals surface area contributed by atoms with Crippen LogP contribution in [0.3, 0.4) is 0 Å². The first-order valence-corrected chi connectivity index (χ1v) is 14.6. The minimum Gasteiger partial charge on any atom is -0.395 e. The topological polar surface area (TPSA) is 44.8 Å². The zero-order valence-corrected chi connectivity index (χ0v) is 22.9. The first-order valence-electron chi connectivity index (χ1n) is 13.1. The summed E-state index contributed by atoms with van der Waals surface area (Å²) >= 11 is 0. The molecule has 0 fully saturated rings. The summed E-state index contributed by atoms with van der Waals surface area (Å²) in [6, 6.07) is 11.4. The molecule has 0 aliphatic rings. The van der Waals surface area contributed by atoms with Crippen LogP contribution in [0.1, 0.15) is 99.8 Å². The van der Waals surface area contributed by atoms with E-state index in [1.807, 2.05) is 64.1 Å². The van der Waals surface area contributed by atoms with Crippen molar-refractivity contribution in [1.29, 1.82) is 0 Å². The zero-order valence-electron chi connectivity index (χ0n) is 22.0. The second kappa shape index (κ2) is 15.3. The third kappa shape index (κ3) is 9.84. The average Bonchev–Trinajstić information content (AvgIpc) is 2.81.